The Labute approximate surface area is 177 Å². The van der Waals surface area contributed by atoms with Crippen molar-refractivity contribution in [3.8, 4) is 22.4 Å². The molecule has 0 atom stereocenters. The van der Waals surface area contributed by atoms with Crippen LogP contribution >= 0.6 is 12.2 Å². The van der Waals surface area contributed by atoms with E-state index in [4.69, 9.17) is 12.2 Å². The van der Waals surface area contributed by atoms with Gasteiger partial charge in [0.25, 0.3) is 0 Å². The average molecular weight is 402 g/mol. The van der Waals surface area contributed by atoms with E-state index in [9.17, 15) is 0 Å². The monoisotopic (exact) mass is 401 g/mol. The second-order valence-corrected chi connectivity index (χ2v) is 8.78. The lowest BCUT2D eigenvalue weighted by molar-refractivity contribution is 0.647. The van der Waals surface area contributed by atoms with Crippen LogP contribution in [0, 0.1) is 10.7 Å². The van der Waals surface area contributed by atoms with E-state index in [-0.39, 0.29) is 0 Å². The first-order valence-electron chi connectivity index (χ1n) is 10.2. The van der Waals surface area contributed by atoms with Crippen LogP contribution in [0.3, 0.4) is 0 Å². The largest absolute Gasteiger partial charge is 0.339 e. The molecule has 2 aromatic heterocycles. The highest BCUT2D eigenvalue weighted by atomic mass is 32.1. The lowest BCUT2D eigenvalue weighted by atomic mass is 10.00. The second kappa shape index (κ2) is 7.96. The normalized spacial score (nSPS) is 11.7. The number of hydrogen-bond donors (Lipinski definition) is 1. The highest BCUT2D eigenvalue weighted by Crippen LogP contribution is 2.28. The quantitative estimate of drug-likeness (QED) is 0.364. The van der Waals surface area contributed by atoms with Crippen molar-refractivity contribution in [3.63, 3.8) is 0 Å². The molecule has 4 rings (SSSR count). The van der Waals surface area contributed by atoms with Crippen molar-refractivity contribution in [2.75, 3.05) is 0 Å². The van der Waals surface area contributed by atoms with E-state index in [1.807, 2.05) is 16.8 Å². The van der Waals surface area contributed by atoms with Gasteiger partial charge in [-0.25, -0.2) is 4.98 Å². The Bertz CT molecular complexity index is 1180. The summed E-state index contributed by atoms with van der Waals surface area (Å²) in [5.41, 5.74) is 8.05. The summed E-state index contributed by atoms with van der Waals surface area (Å²) in [5, 5.41) is 0. The summed E-state index contributed by atoms with van der Waals surface area (Å²) in [4.78, 5) is 8.03. The molecule has 29 heavy (non-hydrogen) atoms. The minimum Gasteiger partial charge on any atom is -0.339 e. The zero-order valence-corrected chi connectivity index (χ0v) is 18.3. The van der Waals surface area contributed by atoms with Gasteiger partial charge < -0.3 is 4.98 Å². The van der Waals surface area contributed by atoms with Gasteiger partial charge in [-0.2, -0.15) is 0 Å². The maximum absolute atomic E-state index is 5.48. The van der Waals surface area contributed by atoms with Gasteiger partial charge in [0.05, 0.1) is 5.69 Å². The van der Waals surface area contributed by atoms with Crippen molar-refractivity contribution in [3.05, 3.63) is 76.8 Å². The predicted molar refractivity (Wildman–Crippen MR) is 124 cm³/mol. The van der Waals surface area contributed by atoms with Gasteiger partial charge in [-0.3, -0.25) is 4.40 Å². The van der Waals surface area contributed by atoms with Crippen LogP contribution in [-0.2, 0) is 6.42 Å². The van der Waals surface area contributed by atoms with Gasteiger partial charge in [0.1, 0.15) is 5.65 Å². The van der Waals surface area contributed by atoms with E-state index in [0.29, 0.717) is 16.6 Å². The van der Waals surface area contributed by atoms with Crippen molar-refractivity contribution in [1.29, 1.82) is 0 Å². The SMILES string of the molecule is CC(C)Cc1ccc(-c2cn3c(=S)ncc(-c4ccc(C(C)C)cc4)c3[nH]2)cc1. The molecule has 0 aliphatic carbocycles. The number of aromatic amines is 1. The summed E-state index contributed by atoms with van der Waals surface area (Å²) in [6.07, 6.45) is 5.01. The zero-order chi connectivity index (χ0) is 20.5. The number of imidazole rings is 1. The molecule has 3 nitrogen and oxygen atoms in total. The molecule has 1 N–H and O–H groups in total. The molecule has 148 valence electrons. The Morgan fingerprint density at radius 1 is 0.931 bits per heavy atom. The molecule has 0 unspecified atom stereocenters. The van der Waals surface area contributed by atoms with E-state index in [1.165, 1.54) is 11.1 Å². The topological polar surface area (TPSA) is 33.1 Å². The minimum absolute atomic E-state index is 0.516. The zero-order valence-electron chi connectivity index (χ0n) is 17.4. The predicted octanol–water partition coefficient (Wildman–Crippen LogP) is 7.05. The molecule has 0 fully saturated rings. The van der Waals surface area contributed by atoms with Crippen molar-refractivity contribution >= 4 is 17.9 Å². The van der Waals surface area contributed by atoms with E-state index in [0.717, 1.165) is 34.5 Å². The van der Waals surface area contributed by atoms with Crippen molar-refractivity contribution < 1.29 is 0 Å². The number of nitrogens with one attached hydrogen (secondary N) is 1. The molecule has 0 amide bonds. The lowest BCUT2D eigenvalue weighted by Gasteiger charge is -2.08. The summed E-state index contributed by atoms with van der Waals surface area (Å²) in [5.74, 6) is 1.17. The molecule has 0 aliphatic heterocycles. The van der Waals surface area contributed by atoms with Crippen molar-refractivity contribution in [2.45, 2.75) is 40.0 Å². The van der Waals surface area contributed by atoms with E-state index >= 15 is 0 Å². The Morgan fingerprint density at radius 2 is 1.59 bits per heavy atom. The molecule has 0 saturated heterocycles. The molecule has 2 heterocycles. The molecule has 0 saturated carbocycles. The minimum atomic E-state index is 0.516. The summed E-state index contributed by atoms with van der Waals surface area (Å²) in [7, 11) is 0. The van der Waals surface area contributed by atoms with Gasteiger partial charge in [-0.05, 0) is 52.7 Å². The van der Waals surface area contributed by atoms with Crippen LogP contribution < -0.4 is 0 Å². The van der Waals surface area contributed by atoms with Crippen molar-refractivity contribution in [2.24, 2.45) is 5.92 Å². The summed E-state index contributed by atoms with van der Waals surface area (Å²) >= 11 is 5.48. The molecule has 0 bridgehead atoms. The molecule has 4 aromatic rings. The van der Waals surface area contributed by atoms with Crippen LogP contribution in [0.2, 0.25) is 0 Å². The first kappa shape index (κ1) is 19.6. The number of rotatable bonds is 5. The molecule has 0 radical (unpaired) electrons. The Morgan fingerprint density at radius 3 is 2.21 bits per heavy atom. The van der Waals surface area contributed by atoms with Gasteiger partial charge >= 0.3 is 0 Å². The lowest BCUT2D eigenvalue weighted by Crippen LogP contribution is -1.93. The summed E-state index contributed by atoms with van der Waals surface area (Å²) < 4.78 is 2.53. The third kappa shape index (κ3) is 4.03. The first-order valence-corrected chi connectivity index (χ1v) is 10.6. The number of aromatic nitrogens is 3. The van der Waals surface area contributed by atoms with Gasteiger partial charge in [-0.15, -0.1) is 0 Å². The molecule has 0 aliphatic rings. The fourth-order valence-electron chi connectivity index (χ4n) is 3.70. The number of hydrogen-bond acceptors (Lipinski definition) is 2. The molecular weight excluding hydrogens is 374 g/mol. The van der Waals surface area contributed by atoms with Gasteiger partial charge in [-0.1, -0.05) is 76.2 Å². The standard InChI is InChI=1S/C25H27N3S/c1-16(2)13-18-5-7-21(8-6-18)23-15-28-24(27-23)22(14-26-25(28)29)20-11-9-19(10-12-20)17(3)4/h5-12,14-17,27H,13H2,1-4H3. The maximum atomic E-state index is 5.48. The first-order chi connectivity index (χ1) is 13.9. The highest BCUT2D eigenvalue weighted by molar-refractivity contribution is 7.71. The molecule has 0 spiro atoms. The highest BCUT2D eigenvalue weighted by Gasteiger charge is 2.11. The molecule has 4 heteroatoms. The van der Waals surface area contributed by atoms with E-state index in [2.05, 4.69) is 86.2 Å². The summed E-state index contributed by atoms with van der Waals surface area (Å²) in [6.45, 7) is 8.91. The maximum Gasteiger partial charge on any atom is 0.205 e. The smallest absolute Gasteiger partial charge is 0.205 e. The molecule has 2 aromatic carbocycles. The van der Waals surface area contributed by atoms with Crippen LogP contribution in [0.1, 0.15) is 44.7 Å². The fourth-order valence-corrected chi connectivity index (χ4v) is 3.90. The van der Waals surface area contributed by atoms with E-state index in [1.54, 1.807) is 0 Å². The van der Waals surface area contributed by atoms with Crippen molar-refractivity contribution in [1.82, 2.24) is 14.4 Å². The van der Waals surface area contributed by atoms with E-state index < -0.39 is 0 Å². The van der Waals surface area contributed by atoms with Crippen LogP contribution in [-0.4, -0.2) is 14.4 Å². The van der Waals surface area contributed by atoms with Crippen LogP contribution in [0.25, 0.3) is 28.0 Å². The Kier molecular flexibility index (Phi) is 5.37. The number of fused-ring (bicyclic) bond motifs is 1. The Hall–Kier alpha value is -2.72. The third-order valence-electron chi connectivity index (χ3n) is 5.31. The summed E-state index contributed by atoms with van der Waals surface area (Å²) in [6, 6.07) is 17.5. The van der Waals surface area contributed by atoms with Gasteiger partial charge in [0.2, 0.25) is 4.77 Å². The fraction of sp³-hybridized carbons (Fsp3) is 0.280. The van der Waals surface area contributed by atoms with Crippen LogP contribution in [0.15, 0.2) is 60.9 Å². The number of H-pyrrole nitrogens is 1. The second-order valence-electron chi connectivity index (χ2n) is 8.41. The third-order valence-corrected chi connectivity index (χ3v) is 5.62. The van der Waals surface area contributed by atoms with Crippen LogP contribution in [0.5, 0.6) is 0 Å². The number of benzene rings is 2. The Balaban J connectivity index is 1.76. The average Bonchev–Trinajstić information content (AvgIpc) is 3.15. The number of nitrogens with zero attached hydrogens (tertiary/aromatic N) is 2. The van der Waals surface area contributed by atoms with Gasteiger partial charge in [0, 0.05) is 18.0 Å². The molecular formula is C25H27N3S. The van der Waals surface area contributed by atoms with Gasteiger partial charge in [0.15, 0.2) is 0 Å². The van der Waals surface area contributed by atoms with Crippen LogP contribution in [0.4, 0.5) is 0 Å².